The van der Waals surface area contributed by atoms with Gasteiger partial charge in [0.25, 0.3) is 0 Å². The maximum Gasteiger partial charge on any atom is 0.239 e. The van der Waals surface area contributed by atoms with Crippen molar-refractivity contribution in [2.24, 2.45) is 0 Å². The highest BCUT2D eigenvalue weighted by Crippen LogP contribution is 2.17. The topological polar surface area (TPSA) is 41.1 Å². The van der Waals surface area contributed by atoms with E-state index in [2.05, 4.69) is 10.6 Å². The number of anilines is 1. The Balaban J connectivity index is 1.79. The van der Waals surface area contributed by atoms with Crippen LogP contribution < -0.4 is 10.6 Å². The molecule has 1 fully saturated rings. The summed E-state index contributed by atoms with van der Waals surface area (Å²) in [4.78, 5) is 11.7. The van der Waals surface area contributed by atoms with E-state index in [1.54, 1.807) is 0 Å². The van der Waals surface area contributed by atoms with Gasteiger partial charge in [-0.2, -0.15) is 0 Å². The maximum atomic E-state index is 12.9. The highest BCUT2D eigenvalue weighted by molar-refractivity contribution is 5.80. The van der Waals surface area contributed by atoms with Crippen molar-refractivity contribution in [1.82, 2.24) is 5.32 Å². The molecule has 1 aromatic rings. The average Bonchev–Trinajstić information content (AvgIpc) is 2.36. The van der Waals surface area contributed by atoms with Gasteiger partial charge in [-0.25, -0.2) is 8.78 Å². The first-order valence-electron chi connectivity index (χ1n) is 6.63. The molecule has 2 N–H and O–H groups in total. The number of benzene rings is 1. The number of hydrogen-bond donors (Lipinski definition) is 2. The molecule has 1 saturated carbocycles. The van der Waals surface area contributed by atoms with Crippen LogP contribution in [0.25, 0.3) is 0 Å². The number of carbonyl (C=O) groups is 1. The van der Waals surface area contributed by atoms with E-state index in [1.165, 1.54) is 6.42 Å². The molecule has 0 radical (unpaired) electrons. The van der Waals surface area contributed by atoms with E-state index in [0.717, 1.165) is 43.9 Å². The van der Waals surface area contributed by atoms with Gasteiger partial charge in [0.15, 0.2) is 0 Å². The number of amides is 1. The van der Waals surface area contributed by atoms with Gasteiger partial charge in [-0.05, 0) is 25.0 Å². The number of nitrogens with one attached hydrogen (secondary N) is 2. The molecule has 0 spiro atoms. The van der Waals surface area contributed by atoms with Gasteiger partial charge in [-0.1, -0.05) is 19.3 Å². The van der Waals surface area contributed by atoms with E-state index >= 15 is 0 Å². The van der Waals surface area contributed by atoms with Crippen molar-refractivity contribution in [2.75, 3.05) is 11.9 Å². The zero-order valence-electron chi connectivity index (χ0n) is 10.7. The van der Waals surface area contributed by atoms with Gasteiger partial charge in [0.1, 0.15) is 11.6 Å². The second-order valence-electron chi connectivity index (χ2n) is 4.91. The average molecular weight is 268 g/mol. The van der Waals surface area contributed by atoms with Crippen LogP contribution in [-0.4, -0.2) is 18.5 Å². The van der Waals surface area contributed by atoms with Crippen LogP contribution in [0.4, 0.5) is 14.5 Å². The molecule has 0 bridgehead atoms. The standard InChI is InChI=1S/C14H18F2N2O/c15-10-6-11(16)8-13(7-10)17-9-14(19)18-12-4-2-1-3-5-12/h6-8,12,17H,1-5,9H2,(H,18,19). The largest absolute Gasteiger partial charge is 0.376 e. The van der Waals surface area contributed by atoms with Crippen molar-refractivity contribution in [1.29, 1.82) is 0 Å². The van der Waals surface area contributed by atoms with Gasteiger partial charge in [-0.3, -0.25) is 4.79 Å². The summed E-state index contributed by atoms with van der Waals surface area (Å²) in [5, 5.41) is 5.65. The molecular weight excluding hydrogens is 250 g/mol. The third-order valence-electron chi connectivity index (χ3n) is 3.29. The van der Waals surface area contributed by atoms with Crippen molar-refractivity contribution >= 4 is 11.6 Å². The van der Waals surface area contributed by atoms with E-state index in [1.807, 2.05) is 0 Å². The van der Waals surface area contributed by atoms with Crippen molar-refractivity contribution in [3.63, 3.8) is 0 Å². The quantitative estimate of drug-likeness (QED) is 0.881. The minimum absolute atomic E-state index is 0.0272. The van der Waals surface area contributed by atoms with Gasteiger partial charge in [-0.15, -0.1) is 0 Å². The maximum absolute atomic E-state index is 12.9. The molecule has 2 rings (SSSR count). The fourth-order valence-electron chi connectivity index (χ4n) is 2.36. The van der Waals surface area contributed by atoms with Crippen molar-refractivity contribution in [3.05, 3.63) is 29.8 Å². The number of rotatable bonds is 4. The summed E-state index contributed by atoms with van der Waals surface area (Å²) in [6.07, 6.45) is 5.55. The van der Waals surface area contributed by atoms with E-state index in [-0.39, 0.29) is 24.2 Å². The van der Waals surface area contributed by atoms with E-state index in [4.69, 9.17) is 0 Å². The van der Waals surface area contributed by atoms with Crippen molar-refractivity contribution in [3.8, 4) is 0 Å². The SMILES string of the molecule is O=C(CNc1cc(F)cc(F)c1)NC1CCCCC1. The Kier molecular flexibility index (Phi) is 4.71. The molecule has 19 heavy (non-hydrogen) atoms. The van der Waals surface area contributed by atoms with Crippen LogP contribution in [0.15, 0.2) is 18.2 Å². The number of hydrogen-bond acceptors (Lipinski definition) is 2. The second kappa shape index (κ2) is 6.50. The molecule has 1 amide bonds. The highest BCUT2D eigenvalue weighted by atomic mass is 19.1. The van der Waals surface area contributed by atoms with Crippen LogP contribution in [-0.2, 0) is 4.79 Å². The number of carbonyl (C=O) groups excluding carboxylic acids is 1. The minimum Gasteiger partial charge on any atom is -0.376 e. The Morgan fingerprint density at radius 2 is 1.74 bits per heavy atom. The lowest BCUT2D eigenvalue weighted by Gasteiger charge is -2.22. The minimum atomic E-state index is -0.657. The normalized spacial score (nSPS) is 16.1. The van der Waals surface area contributed by atoms with Crippen LogP contribution >= 0.6 is 0 Å². The van der Waals surface area contributed by atoms with Crippen LogP contribution in [0.2, 0.25) is 0 Å². The summed E-state index contributed by atoms with van der Waals surface area (Å²) in [5.41, 5.74) is 0.274. The molecule has 0 saturated heterocycles. The Labute approximate surface area is 111 Å². The molecule has 1 aliphatic rings. The molecule has 0 aromatic heterocycles. The third kappa shape index (κ3) is 4.50. The third-order valence-corrected chi connectivity index (χ3v) is 3.29. The molecule has 0 aliphatic heterocycles. The van der Waals surface area contributed by atoms with Crippen molar-refractivity contribution in [2.45, 2.75) is 38.1 Å². The summed E-state index contributed by atoms with van der Waals surface area (Å²) in [6.45, 7) is 0.0272. The molecule has 5 heteroatoms. The van der Waals surface area contributed by atoms with Crippen LogP contribution in [0, 0.1) is 11.6 Å². The molecule has 1 aliphatic carbocycles. The molecule has 0 unspecified atom stereocenters. The Morgan fingerprint density at radius 3 is 2.37 bits per heavy atom. The lowest BCUT2D eigenvalue weighted by molar-refractivity contribution is -0.120. The van der Waals surface area contributed by atoms with Gasteiger partial charge >= 0.3 is 0 Å². The smallest absolute Gasteiger partial charge is 0.239 e. The summed E-state index contributed by atoms with van der Waals surface area (Å²) < 4.78 is 25.9. The highest BCUT2D eigenvalue weighted by Gasteiger charge is 2.15. The first kappa shape index (κ1) is 13.8. The first-order valence-corrected chi connectivity index (χ1v) is 6.63. The molecule has 3 nitrogen and oxygen atoms in total. The Hall–Kier alpha value is -1.65. The second-order valence-corrected chi connectivity index (χ2v) is 4.91. The van der Waals surface area contributed by atoms with E-state index in [9.17, 15) is 13.6 Å². The van der Waals surface area contributed by atoms with E-state index < -0.39 is 11.6 Å². The Morgan fingerprint density at radius 1 is 1.11 bits per heavy atom. The van der Waals surface area contributed by atoms with Crippen LogP contribution in [0.5, 0.6) is 0 Å². The molecular formula is C14H18F2N2O. The monoisotopic (exact) mass is 268 g/mol. The lowest BCUT2D eigenvalue weighted by atomic mass is 9.95. The molecule has 0 heterocycles. The predicted octanol–water partition coefficient (Wildman–Crippen LogP) is 2.83. The Bertz CT molecular complexity index is 425. The summed E-state index contributed by atoms with van der Waals surface area (Å²) in [7, 11) is 0. The molecule has 0 atom stereocenters. The predicted molar refractivity (Wildman–Crippen MR) is 69.9 cm³/mol. The zero-order valence-corrected chi connectivity index (χ0v) is 10.7. The fraction of sp³-hybridized carbons (Fsp3) is 0.500. The van der Waals surface area contributed by atoms with Crippen LogP contribution in [0.1, 0.15) is 32.1 Å². The number of halogens is 2. The van der Waals surface area contributed by atoms with E-state index in [0.29, 0.717) is 0 Å². The molecule has 1 aromatic carbocycles. The van der Waals surface area contributed by atoms with Gasteiger partial charge in [0.2, 0.25) is 5.91 Å². The zero-order chi connectivity index (χ0) is 13.7. The first-order chi connectivity index (χ1) is 9.13. The lowest BCUT2D eigenvalue weighted by Crippen LogP contribution is -2.39. The van der Waals surface area contributed by atoms with Crippen molar-refractivity contribution < 1.29 is 13.6 Å². The molecule has 104 valence electrons. The van der Waals surface area contributed by atoms with Gasteiger partial charge in [0, 0.05) is 17.8 Å². The summed E-state index contributed by atoms with van der Waals surface area (Å²) >= 11 is 0. The van der Waals surface area contributed by atoms with Crippen LogP contribution in [0.3, 0.4) is 0 Å². The summed E-state index contributed by atoms with van der Waals surface area (Å²) in [5.74, 6) is -1.46. The van der Waals surface area contributed by atoms with Gasteiger partial charge in [0.05, 0.1) is 6.54 Å². The fourth-order valence-corrected chi connectivity index (χ4v) is 2.36. The van der Waals surface area contributed by atoms with Gasteiger partial charge < -0.3 is 10.6 Å². The summed E-state index contributed by atoms with van der Waals surface area (Å²) in [6, 6.07) is 3.37.